The van der Waals surface area contributed by atoms with Gasteiger partial charge in [0.15, 0.2) is 5.16 Å². The van der Waals surface area contributed by atoms with E-state index in [1.165, 1.54) is 17.3 Å². The number of aryl methyl sites for hydroxylation is 1. The predicted molar refractivity (Wildman–Crippen MR) is 124 cm³/mol. The van der Waals surface area contributed by atoms with Crippen molar-refractivity contribution in [2.24, 2.45) is 0 Å². The molecule has 2 heterocycles. The Morgan fingerprint density at radius 2 is 1.84 bits per heavy atom. The van der Waals surface area contributed by atoms with Gasteiger partial charge in [0.2, 0.25) is 11.7 Å². The fraction of sp³-hybridized carbons (Fsp3) is 0.304. The number of amides is 1. The molecule has 0 radical (unpaired) electrons. The Hall–Kier alpha value is -3.13. The van der Waals surface area contributed by atoms with Crippen molar-refractivity contribution in [2.75, 3.05) is 12.3 Å². The highest BCUT2D eigenvalue weighted by Crippen LogP contribution is 2.21. The lowest BCUT2D eigenvalue weighted by Gasteiger charge is -2.13. The van der Waals surface area contributed by atoms with E-state index < -0.39 is 0 Å². The summed E-state index contributed by atoms with van der Waals surface area (Å²) in [5.74, 6) is 0.905. The van der Waals surface area contributed by atoms with Crippen molar-refractivity contribution in [1.29, 1.82) is 0 Å². The first-order chi connectivity index (χ1) is 15.1. The molecule has 0 aliphatic carbocycles. The van der Waals surface area contributed by atoms with Gasteiger partial charge >= 0.3 is 0 Å². The van der Waals surface area contributed by atoms with Gasteiger partial charge in [0.25, 0.3) is 5.56 Å². The van der Waals surface area contributed by atoms with Crippen molar-refractivity contribution in [2.45, 2.75) is 37.9 Å². The van der Waals surface area contributed by atoms with Gasteiger partial charge in [-0.1, -0.05) is 68.1 Å². The van der Waals surface area contributed by atoms with Crippen LogP contribution in [0.5, 0.6) is 0 Å². The molecule has 4 rings (SSSR count). The molecule has 8 heteroatoms. The monoisotopic (exact) mass is 435 g/mol. The van der Waals surface area contributed by atoms with Crippen LogP contribution in [-0.2, 0) is 11.3 Å². The maximum atomic E-state index is 12.9. The molecule has 2 aromatic carbocycles. The summed E-state index contributed by atoms with van der Waals surface area (Å²) in [6, 6.07) is 17.6. The van der Waals surface area contributed by atoms with Crippen LogP contribution < -0.4 is 10.9 Å². The number of para-hydroxylation sites is 1. The van der Waals surface area contributed by atoms with Gasteiger partial charge in [0.1, 0.15) is 0 Å². The van der Waals surface area contributed by atoms with Gasteiger partial charge < -0.3 is 5.32 Å². The van der Waals surface area contributed by atoms with Gasteiger partial charge in [-0.2, -0.15) is 0 Å². The molecular formula is C23H25N5O2S. The second kappa shape index (κ2) is 9.34. The van der Waals surface area contributed by atoms with Gasteiger partial charge in [-0.25, -0.2) is 0 Å². The molecule has 0 saturated heterocycles. The summed E-state index contributed by atoms with van der Waals surface area (Å²) in [4.78, 5) is 25.3. The lowest BCUT2D eigenvalue weighted by atomic mass is 10.0. The zero-order chi connectivity index (χ0) is 21.8. The lowest BCUT2D eigenvalue weighted by molar-refractivity contribution is -0.118. The lowest BCUT2D eigenvalue weighted by Crippen LogP contribution is -2.29. The number of hydrogen-bond acceptors (Lipinski definition) is 5. The number of fused-ring (bicyclic) bond motifs is 3. The fourth-order valence-corrected chi connectivity index (χ4v) is 4.37. The van der Waals surface area contributed by atoms with Crippen LogP contribution in [0.3, 0.4) is 0 Å². The van der Waals surface area contributed by atoms with Crippen LogP contribution in [0.1, 0.15) is 31.7 Å². The summed E-state index contributed by atoms with van der Waals surface area (Å²) in [5, 5.41) is 12.8. The van der Waals surface area contributed by atoms with Crippen molar-refractivity contribution in [3.8, 4) is 0 Å². The molecule has 7 nitrogen and oxygen atoms in total. The van der Waals surface area contributed by atoms with Crippen LogP contribution in [-0.4, -0.2) is 37.4 Å². The topological polar surface area (TPSA) is 81.3 Å². The molecule has 0 bridgehead atoms. The molecule has 0 fully saturated rings. The second-order valence-electron chi connectivity index (χ2n) is 7.50. The van der Waals surface area contributed by atoms with E-state index in [9.17, 15) is 9.59 Å². The number of rotatable bonds is 8. The Morgan fingerprint density at radius 1 is 1.10 bits per heavy atom. The Bertz CT molecular complexity index is 1270. The van der Waals surface area contributed by atoms with E-state index >= 15 is 0 Å². The molecule has 31 heavy (non-hydrogen) atoms. The van der Waals surface area contributed by atoms with E-state index in [-0.39, 0.29) is 23.1 Å². The second-order valence-corrected chi connectivity index (χ2v) is 8.44. The molecular weight excluding hydrogens is 410 g/mol. The molecule has 1 N–H and O–H groups in total. The van der Waals surface area contributed by atoms with Gasteiger partial charge in [0.05, 0.1) is 16.7 Å². The summed E-state index contributed by atoms with van der Waals surface area (Å²) in [6.45, 7) is 5.25. The summed E-state index contributed by atoms with van der Waals surface area (Å²) >= 11 is 1.32. The summed E-state index contributed by atoms with van der Waals surface area (Å²) < 4.78 is 3.53. The van der Waals surface area contributed by atoms with Crippen molar-refractivity contribution < 1.29 is 4.79 Å². The average Bonchev–Trinajstić information content (AvgIpc) is 3.23. The Morgan fingerprint density at radius 3 is 2.61 bits per heavy atom. The highest BCUT2D eigenvalue weighted by atomic mass is 32.2. The summed E-state index contributed by atoms with van der Waals surface area (Å²) in [6.07, 6.45) is 0.811. The maximum absolute atomic E-state index is 12.9. The third-order valence-corrected chi connectivity index (χ3v) is 6.16. The van der Waals surface area contributed by atoms with Gasteiger partial charge in [-0.05, 0) is 30.0 Å². The minimum atomic E-state index is -0.0680. The molecule has 4 aromatic rings. The SMILES string of the molecule is CCCn1c(=O)c2ccccc2n2c(SCC(=O)NCC(C)c3ccccc3)nnc12. The Labute approximate surface area is 184 Å². The molecule has 160 valence electrons. The van der Waals surface area contributed by atoms with Crippen LogP contribution in [0, 0.1) is 0 Å². The number of benzene rings is 2. The van der Waals surface area contributed by atoms with Gasteiger partial charge in [0, 0.05) is 13.1 Å². The third kappa shape index (κ3) is 4.34. The molecule has 1 atom stereocenters. The van der Waals surface area contributed by atoms with E-state index in [0.717, 1.165) is 11.9 Å². The van der Waals surface area contributed by atoms with E-state index in [4.69, 9.17) is 0 Å². The minimum absolute atomic E-state index is 0.0595. The summed E-state index contributed by atoms with van der Waals surface area (Å²) in [7, 11) is 0. The van der Waals surface area contributed by atoms with Crippen molar-refractivity contribution >= 4 is 34.3 Å². The van der Waals surface area contributed by atoms with Crippen LogP contribution in [0.25, 0.3) is 16.7 Å². The number of aromatic nitrogens is 4. The van der Waals surface area contributed by atoms with Crippen molar-refractivity contribution in [3.05, 3.63) is 70.5 Å². The zero-order valence-electron chi connectivity index (χ0n) is 17.6. The Balaban J connectivity index is 1.53. The number of nitrogens with zero attached hydrogens (tertiary/aromatic N) is 4. The fourth-order valence-electron chi connectivity index (χ4n) is 3.60. The average molecular weight is 436 g/mol. The zero-order valence-corrected chi connectivity index (χ0v) is 18.4. The molecule has 0 spiro atoms. The number of thioether (sulfide) groups is 1. The molecule has 0 aliphatic heterocycles. The maximum Gasteiger partial charge on any atom is 0.262 e. The summed E-state index contributed by atoms with van der Waals surface area (Å²) in [5.41, 5.74) is 1.88. The number of carbonyl (C=O) groups is 1. The molecule has 1 unspecified atom stereocenters. The van der Waals surface area contributed by atoms with E-state index in [0.29, 0.717) is 29.4 Å². The Kier molecular flexibility index (Phi) is 6.36. The first-order valence-corrected chi connectivity index (χ1v) is 11.4. The first-order valence-electron chi connectivity index (χ1n) is 10.4. The quantitative estimate of drug-likeness (QED) is 0.429. The molecule has 2 aromatic heterocycles. The van der Waals surface area contributed by atoms with Gasteiger partial charge in [-0.15, -0.1) is 10.2 Å². The van der Waals surface area contributed by atoms with Crippen LogP contribution >= 0.6 is 11.8 Å². The van der Waals surface area contributed by atoms with Crippen molar-refractivity contribution in [3.63, 3.8) is 0 Å². The van der Waals surface area contributed by atoms with E-state index in [1.807, 2.05) is 53.8 Å². The number of hydrogen-bond donors (Lipinski definition) is 1. The van der Waals surface area contributed by atoms with Crippen LogP contribution in [0.2, 0.25) is 0 Å². The standard InChI is InChI=1S/C23H25N5O2S/c1-3-13-27-21(30)18-11-7-8-12-19(18)28-22(27)25-26-23(28)31-15-20(29)24-14-16(2)17-9-5-4-6-10-17/h4-12,16H,3,13-15H2,1-2H3,(H,24,29). The highest BCUT2D eigenvalue weighted by Gasteiger charge is 2.17. The van der Waals surface area contributed by atoms with Crippen LogP contribution in [0.4, 0.5) is 0 Å². The third-order valence-electron chi connectivity index (χ3n) is 5.23. The molecule has 0 saturated carbocycles. The van der Waals surface area contributed by atoms with E-state index in [2.05, 4.69) is 34.6 Å². The number of nitrogens with one attached hydrogen (secondary N) is 1. The first kappa shape index (κ1) is 21.1. The minimum Gasteiger partial charge on any atom is -0.355 e. The normalized spacial score (nSPS) is 12.3. The number of carbonyl (C=O) groups excluding carboxylic acids is 1. The predicted octanol–water partition coefficient (Wildman–Crippen LogP) is 3.47. The largest absolute Gasteiger partial charge is 0.355 e. The smallest absolute Gasteiger partial charge is 0.262 e. The highest BCUT2D eigenvalue weighted by molar-refractivity contribution is 7.99. The molecule has 0 aliphatic rings. The van der Waals surface area contributed by atoms with E-state index in [1.54, 1.807) is 4.57 Å². The van der Waals surface area contributed by atoms with Crippen molar-refractivity contribution in [1.82, 2.24) is 24.5 Å². The van der Waals surface area contributed by atoms with Crippen LogP contribution in [0.15, 0.2) is 64.5 Å². The van der Waals surface area contributed by atoms with Gasteiger partial charge in [-0.3, -0.25) is 18.6 Å². The molecule has 1 amide bonds.